The van der Waals surface area contributed by atoms with Gasteiger partial charge in [-0.2, -0.15) is 0 Å². The lowest BCUT2D eigenvalue weighted by molar-refractivity contribution is 0.389. The highest BCUT2D eigenvalue weighted by atomic mass is 16.5. The zero-order valence-corrected chi connectivity index (χ0v) is 4.26. The monoisotopic (exact) mass is 110 g/mol. The summed E-state index contributed by atoms with van der Waals surface area (Å²) in [5, 5.41) is 8.35. The average molecular weight is 110 g/mol. The first-order valence-corrected chi connectivity index (χ1v) is 2.30. The van der Waals surface area contributed by atoms with E-state index in [4.69, 9.17) is 6.58 Å². The van der Waals surface area contributed by atoms with Gasteiger partial charge in [0.25, 0.3) is 0 Å². The molecule has 0 saturated heterocycles. The molecule has 0 radical (unpaired) electrons. The quantitative estimate of drug-likeness (QED) is 0.537. The third-order valence-electron chi connectivity index (χ3n) is 0.830. The second-order valence-corrected chi connectivity index (χ2v) is 1.39. The molecule has 0 aliphatic carbocycles. The molecule has 0 amide bonds. The Morgan fingerprint density at radius 2 is 2.38 bits per heavy atom. The molecule has 8 heavy (non-hydrogen) atoms. The van der Waals surface area contributed by atoms with Crippen molar-refractivity contribution in [3.8, 4) is 0 Å². The van der Waals surface area contributed by atoms with Crippen molar-refractivity contribution in [1.29, 1.82) is 0 Å². The van der Waals surface area contributed by atoms with Crippen molar-refractivity contribution in [2.75, 3.05) is 5.48 Å². The molecular weight excluding hydrogens is 102 g/mol. The molecule has 0 aromatic heterocycles. The molecule has 0 aliphatic heterocycles. The van der Waals surface area contributed by atoms with E-state index >= 15 is 0 Å². The molecule has 1 rings (SSSR count). The third kappa shape index (κ3) is 0.978. The second-order valence-electron chi connectivity index (χ2n) is 1.39. The first-order chi connectivity index (χ1) is 4.34. The van der Waals surface area contributed by atoms with Crippen LogP contribution in [0.4, 0.5) is 5.69 Å². The van der Waals surface area contributed by atoms with Gasteiger partial charge < -0.3 is 0 Å². The van der Waals surface area contributed by atoms with Gasteiger partial charge in [-0.25, -0.2) is 0 Å². The van der Waals surface area contributed by atoms with Crippen LogP contribution in [-0.2, 0) is 0 Å². The van der Waals surface area contributed by atoms with Gasteiger partial charge in [-0.15, -0.1) is 0 Å². The number of para-hydroxylation sites is 1. The van der Waals surface area contributed by atoms with Crippen LogP contribution in [0, 0.1) is 0 Å². The highest BCUT2D eigenvalue weighted by Crippen LogP contribution is 2.01. The Bertz CT molecular complexity index is 202. The largest absolute Gasteiger partial charge is 0.291 e. The molecule has 0 aliphatic rings. The highest BCUT2D eigenvalue weighted by molar-refractivity contribution is 5.39. The zero-order chi connectivity index (χ0) is 6.69. The number of hydrogen-bond acceptors (Lipinski definition) is 2. The number of rotatable bonds is 1. The molecule has 2 heteroatoms. The Kier molecular flexibility index (Phi) is 1.14. The number of anilines is 1. The Morgan fingerprint density at radius 3 is 2.88 bits per heavy atom. The van der Waals surface area contributed by atoms with E-state index in [1.165, 1.54) is 0 Å². The summed E-state index contributed by atoms with van der Waals surface area (Å²) < 4.78 is 7.15. The first-order valence-electron chi connectivity index (χ1n) is 2.80. The van der Waals surface area contributed by atoms with Crippen LogP contribution in [-0.4, -0.2) is 5.21 Å². The Balaban J connectivity index is 3.01. The smallest absolute Gasteiger partial charge is 0.0645 e. The van der Waals surface area contributed by atoms with Crippen molar-refractivity contribution in [3.05, 3.63) is 30.3 Å². The van der Waals surface area contributed by atoms with Crippen LogP contribution in [0.15, 0.2) is 30.3 Å². The van der Waals surface area contributed by atoms with Crippen molar-refractivity contribution < 1.29 is 6.58 Å². The van der Waals surface area contributed by atoms with Gasteiger partial charge in [-0.1, -0.05) is 18.2 Å². The summed E-state index contributed by atoms with van der Waals surface area (Å²) in [5.74, 6) is 0. The van der Waals surface area contributed by atoms with E-state index in [1.807, 2.05) is 5.48 Å². The molecular formula is C6H7NO. The van der Waals surface area contributed by atoms with Gasteiger partial charge in [-0.05, 0) is 12.1 Å². The normalized spacial score (nSPS) is 10.4. The van der Waals surface area contributed by atoms with Crippen LogP contribution in [0.5, 0.6) is 0 Å². The maximum atomic E-state index is 8.35. The molecule has 0 atom stereocenters. The van der Waals surface area contributed by atoms with Crippen LogP contribution in [0.1, 0.15) is 1.37 Å². The molecule has 0 saturated carbocycles. The van der Waals surface area contributed by atoms with Crippen molar-refractivity contribution in [2.45, 2.75) is 0 Å². The summed E-state index contributed by atoms with van der Waals surface area (Å²) in [7, 11) is 0. The van der Waals surface area contributed by atoms with Gasteiger partial charge in [0.2, 0.25) is 0 Å². The molecule has 0 fully saturated rings. The van der Waals surface area contributed by atoms with E-state index in [2.05, 4.69) is 0 Å². The molecule has 1 aromatic carbocycles. The summed E-state index contributed by atoms with van der Waals surface area (Å²) in [6.07, 6.45) is 0. The van der Waals surface area contributed by atoms with E-state index in [1.54, 1.807) is 24.3 Å². The lowest BCUT2D eigenvalue weighted by atomic mass is 10.3. The predicted molar refractivity (Wildman–Crippen MR) is 31.9 cm³/mol. The van der Waals surface area contributed by atoms with Gasteiger partial charge in [0.15, 0.2) is 0 Å². The highest BCUT2D eigenvalue weighted by Gasteiger charge is 1.79. The topological polar surface area (TPSA) is 32.3 Å². The zero-order valence-electron chi connectivity index (χ0n) is 5.26. The maximum absolute atomic E-state index is 8.35. The molecule has 2 nitrogen and oxygen atoms in total. The van der Waals surface area contributed by atoms with Crippen LogP contribution in [0.2, 0.25) is 0 Å². The molecule has 42 valence electrons. The van der Waals surface area contributed by atoms with Gasteiger partial charge >= 0.3 is 0 Å². The minimum atomic E-state index is 0.292. The Labute approximate surface area is 49.1 Å². The third-order valence-corrected chi connectivity index (χ3v) is 0.830. The van der Waals surface area contributed by atoms with E-state index in [-0.39, 0.29) is 0 Å². The molecule has 0 bridgehead atoms. The van der Waals surface area contributed by atoms with Crippen molar-refractivity contribution >= 4 is 5.69 Å². The number of hydrogen-bond donors (Lipinski definition) is 2. The van der Waals surface area contributed by atoms with Crippen LogP contribution < -0.4 is 5.48 Å². The standard InChI is InChI=1S/C6H7NO/c8-7-6-4-2-1-3-5-6/h1-5,7-8H/i4D. The van der Waals surface area contributed by atoms with E-state index < -0.39 is 0 Å². The molecule has 2 N–H and O–H groups in total. The van der Waals surface area contributed by atoms with Gasteiger partial charge in [-0.3, -0.25) is 10.7 Å². The van der Waals surface area contributed by atoms with Gasteiger partial charge in [0.05, 0.1) is 7.06 Å². The minimum absolute atomic E-state index is 0.292. The summed E-state index contributed by atoms with van der Waals surface area (Å²) >= 11 is 0. The number of benzene rings is 1. The Morgan fingerprint density at radius 1 is 1.50 bits per heavy atom. The average Bonchev–Trinajstić information content (AvgIpc) is 1.89. The summed E-state index contributed by atoms with van der Waals surface area (Å²) in [6, 6.07) is 7.00. The van der Waals surface area contributed by atoms with Gasteiger partial charge in [0.1, 0.15) is 0 Å². The lowest BCUT2D eigenvalue weighted by Crippen LogP contribution is -1.85. The SMILES string of the molecule is [2H]c1ccccc1NO. The fourth-order valence-electron chi connectivity index (χ4n) is 0.463. The van der Waals surface area contributed by atoms with Crippen LogP contribution in [0.25, 0.3) is 0 Å². The van der Waals surface area contributed by atoms with Crippen molar-refractivity contribution in [1.82, 2.24) is 0 Å². The second kappa shape index (κ2) is 2.33. The molecule has 1 aromatic rings. The first kappa shape index (κ1) is 3.92. The fourth-order valence-corrected chi connectivity index (χ4v) is 0.463. The lowest BCUT2D eigenvalue weighted by Gasteiger charge is -1.92. The summed E-state index contributed by atoms with van der Waals surface area (Å²) in [5.41, 5.74) is 2.34. The summed E-state index contributed by atoms with van der Waals surface area (Å²) in [4.78, 5) is 0. The Hall–Kier alpha value is -1.02. The fraction of sp³-hybridized carbons (Fsp3) is 0. The van der Waals surface area contributed by atoms with Crippen molar-refractivity contribution in [3.63, 3.8) is 0 Å². The molecule has 0 unspecified atom stereocenters. The van der Waals surface area contributed by atoms with Gasteiger partial charge in [0, 0.05) is 0 Å². The van der Waals surface area contributed by atoms with Crippen LogP contribution in [0.3, 0.4) is 0 Å². The van der Waals surface area contributed by atoms with E-state index in [0.29, 0.717) is 11.7 Å². The maximum Gasteiger partial charge on any atom is 0.0645 e. The van der Waals surface area contributed by atoms with Crippen LogP contribution >= 0.6 is 0 Å². The summed E-state index contributed by atoms with van der Waals surface area (Å²) in [6.45, 7) is 0. The molecule has 0 spiro atoms. The van der Waals surface area contributed by atoms with E-state index in [9.17, 15) is 0 Å². The predicted octanol–water partition coefficient (Wildman–Crippen LogP) is 1.49. The number of nitrogens with one attached hydrogen (secondary N) is 1. The minimum Gasteiger partial charge on any atom is -0.291 e. The van der Waals surface area contributed by atoms with E-state index in [0.717, 1.165) is 0 Å². The molecule has 0 heterocycles. The van der Waals surface area contributed by atoms with Crippen molar-refractivity contribution in [2.24, 2.45) is 0 Å².